The van der Waals surface area contributed by atoms with Crippen LogP contribution in [0.3, 0.4) is 0 Å². The lowest BCUT2D eigenvalue weighted by molar-refractivity contribution is 0.0568. The van der Waals surface area contributed by atoms with Gasteiger partial charge in [0.15, 0.2) is 0 Å². The maximum Gasteiger partial charge on any atom is 0.415 e. The Hall–Kier alpha value is -2.52. The van der Waals surface area contributed by atoms with Gasteiger partial charge in [0.05, 0.1) is 12.2 Å². The zero-order valence-electron chi connectivity index (χ0n) is 13.8. The molecule has 1 aliphatic heterocycles. The number of thiophene rings is 1. The van der Waals surface area contributed by atoms with E-state index in [1.165, 1.54) is 11.3 Å². The molecule has 0 saturated carbocycles. The Morgan fingerprint density at radius 1 is 1.33 bits per heavy atom. The molecular formula is C18H18N2O3S. The second-order valence-corrected chi connectivity index (χ2v) is 7.52. The van der Waals surface area contributed by atoms with Crippen molar-refractivity contribution in [3.05, 3.63) is 35.2 Å². The standard InChI is InChI=1S/C18H18N2O3S/c1-18(2,3)23-17(21)20-8-9-22-15-6-4-12(10-14(15)20)16-7-5-13(11-19)24-16/h4-7,10H,8-9H2,1-3H3. The number of fused-ring (bicyclic) bond motifs is 1. The molecule has 0 spiro atoms. The van der Waals surface area contributed by atoms with E-state index in [0.717, 1.165) is 10.4 Å². The molecule has 0 saturated heterocycles. The number of carbonyl (C=O) groups is 1. The average molecular weight is 342 g/mol. The van der Waals surface area contributed by atoms with Crippen molar-refractivity contribution < 1.29 is 14.3 Å². The van der Waals surface area contributed by atoms with E-state index in [4.69, 9.17) is 14.7 Å². The smallest absolute Gasteiger partial charge is 0.415 e. The molecule has 1 aromatic heterocycles. The monoisotopic (exact) mass is 342 g/mol. The molecule has 124 valence electrons. The van der Waals surface area contributed by atoms with Gasteiger partial charge in [-0.15, -0.1) is 11.3 Å². The molecular weight excluding hydrogens is 324 g/mol. The summed E-state index contributed by atoms with van der Waals surface area (Å²) in [6, 6.07) is 11.5. The number of anilines is 1. The number of carbonyl (C=O) groups excluding carboxylic acids is 1. The average Bonchev–Trinajstić information content (AvgIpc) is 3.01. The van der Waals surface area contributed by atoms with Gasteiger partial charge in [-0.3, -0.25) is 4.90 Å². The zero-order chi connectivity index (χ0) is 17.3. The van der Waals surface area contributed by atoms with E-state index in [0.29, 0.717) is 29.5 Å². The number of nitrogens with zero attached hydrogens (tertiary/aromatic N) is 2. The fourth-order valence-corrected chi connectivity index (χ4v) is 3.23. The van der Waals surface area contributed by atoms with E-state index in [-0.39, 0.29) is 6.09 Å². The molecule has 24 heavy (non-hydrogen) atoms. The summed E-state index contributed by atoms with van der Waals surface area (Å²) < 4.78 is 11.1. The molecule has 1 amide bonds. The summed E-state index contributed by atoms with van der Waals surface area (Å²) in [5.41, 5.74) is 1.09. The van der Waals surface area contributed by atoms with Crippen LogP contribution in [0, 0.1) is 11.3 Å². The largest absolute Gasteiger partial charge is 0.490 e. The third-order valence-corrected chi connectivity index (χ3v) is 4.48. The van der Waals surface area contributed by atoms with Crippen molar-refractivity contribution in [2.45, 2.75) is 26.4 Å². The van der Waals surface area contributed by atoms with E-state index in [1.807, 2.05) is 45.0 Å². The van der Waals surface area contributed by atoms with Gasteiger partial charge >= 0.3 is 6.09 Å². The van der Waals surface area contributed by atoms with E-state index in [1.54, 1.807) is 11.0 Å². The highest BCUT2D eigenvalue weighted by molar-refractivity contribution is 7.16. The zero-order valence-corrected chi connectivity index (χ0v) is 14.6. The van der Waals surface area contributed by atoms with Crippen LogP contribution in [0.4, 0.5) is 10.5 Å². The summed E-state index contributed by atoms with van der Waals surface area (Å²) in [4.78, 5) is 15.7. The Kier molecular flexibility index (Phi) is 4.20. The molecule has 0 bridgehead atoms. The van der Waals surface area contributed by atoms with Crippen molar-refractivity contribution in [2.24, 2.45) is 0 Å². The number of rotatable bonds is 1. The van der Waals surface area contributed by atoms with Crippen molar-refractivity contribution in [1.29, 1.82) is 5.26 Å². The first kappa shape index (κ1) is 16.3. The van der Waals surface area contributed by atoms with Crippen LogP contribution >= 0.6 is 11.3 Å². The van der Waals surface area contributed by atoms with E-state index >= 15 is 0 Å². The maximum absolute atomic E-state index is 12.5. The van der Waals surface area contributed by atoms with Gasteiger partial charge in [-0.1, -0.05) is 0 Å². The summed E-state index contributed by atoms with van der Waals surface area (Å²) in [6.45, 7) is 6.41. The minimum Gasteiger partial charge on any atom is -0.490 e. The highest BCUT2D eigenvalue weighted by Gasteiger charge is 2.28. The second kappa shape index (κ2) is 6.17. The molecule has 3 rings (SSSR count). The highest BCUT2D eigenvalue weighted by atomic mass is 32.1. The van der Waals surface area contributed by atoms with E-state index in [9.17, 15) is 4.79 Å². The van der Waals surface area contributed by atoms with Gasteiger partial charge < -0.3 is 9.47 Å². The molecule has 0 fully saturated rings. The van der Waals surface area contributed by atoms with Crippen molar-refractivity contribution in [1.82, 2.24) is 0 Å². The number of benzene rings is 1. The van der Waals surface area contributed by atoms with Gasteiger partial charge in [0.1, 0.15) is 28.9 Å². The minimum atomic E-state index is -0.553. The molecule has 5 nitrogen and oxygen atoms in total. The Labute approximate surface area is 145 Å². The molecule has 0 unspecified atom stereocenters. The molecule has 1 aromatic carbocycles. The van der Waals surface area contributed by atoms with Crippen molar-refractivity contribution >= 4 is 23.1 Å². The molecule has 2 heterocycles. The van der Waals surface area contributed by atoms with Crippen LogP contribution in [0.2, 0.25) is 0 Å². The first-order valence-corrected chi connectivity index (χ1v) is 8.47. The summed E-state index contributed by atoms with van der Waals surface area (Å²) in [6.07, 6.45) is -0.381. The molecule has 2 aromatic rings. The predicted octanol–water partition coefficient (Wildman–Crippen LogP) is 4.42. The van der Waals surface area contributed by atoms with Gasteiger partial charge in [0.25, 0.3) is 0 Å². The Morgan fingerprint density at radius 3 is 2.79 bits per heavy atom. The number of hydrogen-bond acceptors (Lipinski definition) is 5. The van der Waals surface area contributed by atoms with E-state index in [2.05, 4.69) is 6.07 Å². The van der Waals surface area contributed by atoms with Gasteiger partial charge in [0.2, 0.25) is 0 Å². The van der Waals surface area contributed by atoms with Crippen LogP contribution in [0.1, 0.15) is 25.6 Å². The summed E-state index contributed by atoms with van der Waals surface area (Å²) in [5, 5.41) is 8.98. The Balaban J connectivity index is 1.95. The lowest BCUT2D eigenvalue weighted by atomic mass is 10.1. The third kappa shape index (κ3) is 3.36. The van der Waals surface area contributed by atoms with Gasteiger partial charge in [-0.25, -0.2) is 4.79 Å². The van der Waals surface area contributed by atoms with Crippen LogP contribution < -0.4 is 9.64 Å². The quantitative estimate of drug-likeness (QED) is 0.769. The van der Waals surface area contributed by atoms with Crippen LogP contribution in [0.5, 0.6) is 5.75 Å². The third-order valence-electron chi connectivity index (χ3n) is 3.44. The fraction of sp³-hybridized carbons (Fsp3) is 0.333. The van der Waals surface area contributed by atoms with Crippen molar-refractivity contribution in [3.8, 4) is 22.3 Å². The highest BCUT2D eigenvalue weighted by Crippen LogP contribution is 2.38. The summed E-state index contributed by atoms with van der Waals surface area (Å²) in [5.74, 6) is 0.660. The SMILES string of the molecule is CC(C)(C)OC(=O)N1CCOc2ccc(-c3ccc(C#N)s3)cc21. The van der Waals surface area contributed by atoms with Crippen molar-refractivity contribution in [2.75, 3.05) is 18.1 Å². The van der Waals surface area contributed by atoms with Gasteiger partial charge in [-0.05, 0) is 56.7 Å². The van der Waals surface area contributed by atoms with Gasteiger partial charge in [-0.2, -0.15) is 5.26 Å². The molecule has 0 radical (unpaired) electrons. The molecule has 6 heteroatoms. The Bertz CT molecular complexity index is 814. The summed E-state index contributed by atoms with van der Waals surface area (Å²) in [7, 11) is 0. The van der Waals surface area contributed by atoms with Crippen LogP contribution in [0.25, 0.3) is 10.4 Å². The molecule has 0 aliphatic carbocycles. The van der Waals surface area contributed by atoms with E-state index < -0.39 is 5.60 Å². The fourth-order valence-electron chi connectivity index (χ4n) is 2.43. The lowest BCUT2D eigenvalue weighted by Crippen LogP contribution is -2.41. The first-order valence-electron chi connectivity index (χ1n) is 7.65. The number of ether oxygens (including phenoxy) is 2. The van der Waals surface area contributed by atoms with Crippen LogP contribution in [-0.2, 0) is 4.74 Å². The normalized spacial score (nSPS) is 13.7. The van der Waals surface area contributed by atoms with Crippen LogP contribution in [0.15, 0.2) is 30.3 Å². The lowest BCUT2D eigenvalue weighted by Gasteiger charge is -2.31. The maximum atomic E-state index is 12.5. The number of amides is 1. The molecule has 1 aliphatic rings. The van der Waals surface area contributed by atoms with Crippen LogP contribution in [-0.4, -0.2) is 24.8 Å². The number of hydrogen-bond donors (Lipinski definition) is 0. The first-order chi connectivity index (χ1) is 11.4. The molecule has 0 atom stereocenters. The predicted molar refractivity (Wildman–Crippen MR) is 93.5 cm³/mol. The number of nitriles is 1. The summed E-state index contributed by atoms with van der Waals surface area (Å²) >= 11 is 1.42. The minimum absolute atomic E-state index is 0.381. The van der Waals surface area contributed by atoms with Crippen molar-refractivity contribution in [3.63, 3.8) is 0 Å². The topological polar surface area (TPSA) is 62.6 Å². The second-order valence-electron chi connectivity index (χ2n) is 6.44. The molecule has 0 N–H and O–H groups in total. The van der Waals surface area contributed by atoms with Gasteiger partial charge in [0, 0.05) is 4.88 Å². The Morgan fingerprint density at radius 2 is 2.12 bits per heavy atom.